The number of fused-ring (bicyclic) bond motifs is 1. The second-order valence-electron chi connectivity index (χ2n) is 8.67. The van der Waals surface area contributed by atoms with Crippen molar-refractivity contribution in [3.05, 3.63) is 70.5 Å². The molecular weight excluding hydrogens is 433 g/mol. The van der Waals surface area contributed by atoms with Crippen LogP contribution in [-0.2, 0) is 15.6 Å². The zero-order valence-corrected chi connectivity index (χ0v) is 20.7. The summed E-state index contributed by atoms with van der Waals surface area (Å²) in [7, 11) is -1.02. The number of benzene rings is 2. The number of rotatable bonds is 11. The lowest BCUT2D eigenvalue weighted by atomic mass is 10.0. The maximum Gasteiger partial charge on any atom is 0.224 e. The molecule has 0 aromatic heterocycles. The number of hydrogen-bond donors (Lipinski definition) is 1. The van der Waals surface area contributed by atoms with Gasteiger partial charge in [-0.05, 0) is 77.1 Å². The highest BCUT2D eigenvalue weighted by Crippen LogP contribution is 2.43. The molecule has 2 aromatic carbocycles. The Hall–Kier alpha value is -2.53. The first-order chi connectivity index (χ1) is 15.9. The molecule has 1 aliphatic rings. The smallest absolute Gasteiger partial charge is 0.224 e. The number of unbranched alkanes of at least 4 members (excludes halogenated alkanes) is 5. The summed E-state index contributed by atoms with van der Waals surface area (Å²) in [6, 6.07) is 12.4. The standard InChI is InChI=1S/C28H34FNO2S/c1-4-5-6-7-8-9-16-30-28(31)19-26-20(2)25(24-15-12-22(29)18-27(24)26)17-21-10-13-23(14-11-21)33(3)32/h10-15,17-18H,4-9,16,19H2,1-3H3,(H,30,31)/b25-17-. The highest BCUT2D eigenvalue weighted by molar-refractivity contribution is 7.84. The van der Waals surface area contributed by atoms with Crippen LogP contribution in [-0.4, -0.2) is 22.9 Å². The Morgan fingerprint density at radius 3 is 2.39 bits per heavy atom. The lowest BCUT2D eigenvalue weighted by Gasteiger charge is -2.08. The van der Waals surface area contributed by atoms with Gasteiger partial charge < -0.3 is 5.32 Å². The molecule has 176 valence electrons. The van der Waals surface area contributed by atoms with Crippen LogP contribution in [0.2, 0.25) is 0 Å². The third kappa shape index (κ3) is 6.73. The van der Waals surface area contributed by atoms with Gasteiger partial charge in [-0.3, -0.25) is 9.00 Å². The summed E-state index contributed by atoms with van der Waals surface area (Å²) in [5.74, 6) is -0.327. The van der Waals surface area contributed by atoms with Crippen molar-refractivity contribution in [2.45, 2.75) is 63.7 Å². The minimum atomic E-state index is -1.02. The van der Waals surface area contributed by atoms with E-state index in [9.17, 15) is 13.4 Å². The first-order valence-corrected chi connectivity index (χ1v) is 13.4. The summed E-state index contributed by atoms with van der Waals surface area (Å²) >= 11 is 0. The molecule has 2 aromatic rings. The first-order valence-electron chi connectivity index (χ1n) is 11.8. The van der Waals surface area contributed by atoms with Crippen molar-refractivity contribution in [1.29, 1.82) is 0 Å². The van der Waals surface area contributed by atoms with Crippen molar-refractivity contribution in [3.63, 3.8) is 0 Å². The van der Waals surface area contributed by atoms with E-state index in [0.717, 1.165) is 51.1 Å². The average Bonchev–Trinajstić information content (AvgIpc) is 3.04. The first kappa shape index (κ1) is 25.1. The van der Waals surface area contributed by atoms with Gasteiger partial charge in [-0.2, -0.15) is 0 Å². The molecule has 33 heavy (non-hydrogen) atoms. The molecule has 3 rings (SSSR count). The molecule has 1 N–H and O–H groups in total. The molecule has 1 aliphatic carbocycles. The second kappa shape index (κ2) is 12.1. The van der Waals surface area contributed by atoms with E-state index in [1.165, 1.54) is 37.8 Å². The zero-order valence-electron chi connectivity index (χ0n) is 19.9. The van der Waals surface area contributed by atoms with Crippen molar-refractivity contribution in [3.8, 4) is 0 Å². The van der Waals surface area contributed by atoms with Crippen LogP contribution in [0.1, 0.15) is 75.5 Å². The summed E-state index contributed by atoms with van der Waals surface area (Å²) < 4.78 is 25.7. The Morgan fingerprint density at radius 1 is 1.00 bits per heavy atom. The minimum absolute atomic E-state index is 0.0239. The fourth-order valence-electron chi connectivity index (χ4n) is 4.26. The molecule has 0 saturated carbocycles. The summed E-state index contributed by atoms with van der Waals surface area (Å²) in [6.45, 7) is 4.88. The average molecular weight is 468 g/mol. The predicted octanol–water partition coefficient (Wildman–Crippen LogP) is 6.76. The Morgan fingerprint density at radius 2 is 1.70 bits per heavy atom. The third-order valence-electron chi connectivity index (χ3n) is 6.17. The number of hydrogen-bond acceptors (Lipinski definition) is 2. The lowest BCUT2D eigenvalue weighted by molar-refractivity contribution is -0.120. The van der Waals surface area contributed by atoms with Gasteiger partial charge in [-0.25, -0.2) is 4.39 Å². The van der Waals surface area contributed by atoms with Crippen LogP contribution in [0.5, 0.6) is 0 Å². The Bertz CT molecular complexity index is 1070. The molecule has 0 aliphatic heterocycles. The van der Waals surface area contributed by atoms with Crippen molar-refractivity contribution < 1.29 is 13.4 Å². The van der Waals surface area contributed by atoms with Gasteiger partial charge >= 0.3 is 0 Å². The van der Waals surface area contributed by atoms with Crippen molar-refractivity contribution >= 4 is 33.9 Å². The molecular formula is C28H34FNO2S. The van der Waals surface area contributed by atoms with Gasteiger partial charge in [-0.15, -0.1) is 0 Å². The van der Waals surface area contributed by atoms with Crippen LogP contribution in [0.15, 0.2) is 52.9 Å². The Kier molecular flexibility index (Phi) is 9.19. The zero-order chi connectivity index (χ0) is 23.8. The Labute approximate surface area is 199 Å². The SMILES string of the molecule is CCCCCCCCNC(=O)CC1=C(C)/C(=C/c2ccc(S(C)=O)cc2)c2ccc(F)cc21. The molecule has 0 fully saturated rings. The summed E-state index contributed by atoms with van der Waals surface area (Å²) in [4.78, 5) is 13.4. The number of nitrogens with one attached hydrogen (secondary N) is 1. The van der Waals surface area contributed by atoms with Crippen LogP contribution < -0.4 is 5.32 Å². The lowest BCUT2D eigenvalue weighted by Crippen LogP contribution is -2.24. The molecule has 0 spiro atoms. The fraction of sp³-hybridized carbons (Fsp3) is 0.393. The van der Waals surface area contributed by atoms with Crippen LogP contribution in [0.25, 0.3) is 17.2 Å². The number of carbonyl (C=O) groups is 1. The molecule has 1 atom stereocenters. The van der Waals surface area contributed by atoms with E-state index in [4.69, 9.17) is 0 Å². The fourth-order valence-corrected chi connectivity index (χ4v) is 4.78. The summed E-state index contributed by atoms with van der Waals surface area (Å²) in [5, 5.41) is 3.03. The van der Waals surface area contributed by atoms with E-state index in [1.807, 2.05) is 31.2 Å². The molecule has 3 nitrogen and oxygen atoms in total. The molecule has 0 bridgehead atoms. The summed E-state index contributed by atoms with van der Waals surface area (Å²) in [6.07, 6.45) is 11.0. The molecule has 1 unspecified atom stereocenters. The number of amides is 1. The number of allylic oxidation sites excluding steroid dienone is 2. The van der Waals surface area contributed by atoms with Gasteiger partial charge in [0.2, 0.25) is 5.91 Å². The third-order valence-corrected chi connectivity index (χ3v) is 7.10. The van der Waals surface area contributed by atoms with Crippen molar-refractivity contribution in [1.82, 2.24) is 5.32 Å². The van der Waals surface area contributed by atoms with Crippen LogP contribution in [0.3, 0.4) is 0 Å². The van der Waals surface area contributed by atoms with Gasteiger partial charge in [0.1, 0.15) is 5.82 Å². The topological polar surface area (TPSA) is 46.2 Å². The maximum absolute atomic E-state index is 14.1. The monoisotopic (exact) mass is 467 g/mol. The van der Waals surface area contributed by atoms with E-state index in [0.29, 0.717) is 6.54 Å². The van der Waals surface area contributed by atoms with Gasteiger partial charge in [0.15, 0.2) is 0 Å². The number of carbonyl (C=O) groups excluding carboxylic acids is 1. The van der Waals surface area contributed by atoms with Crippen LogP contribution in [0.4, 0.5) is 4.39 Å². The quantitative estimate of drug-likeness (QED) is 0.371. The van der Waals surface area contributed by atoms with Crippen LogP contribution >= 0.6 is 0 Å². The maximum atomic E-state index is 14.1. The van der Waals surface area contributed by atoms with Gasteiger partial charge in [0, 0.05) is 28.5 Å². The van der Waals surface area contributed by atoms with E-state index < -0.39 is 10.8 Å². The molecule has 1 amide bonds. The van der Waals surface area contributed by atoms with E-state index in [1.54, 1.807) is 12.3 Å². The Balaban J connectivity index is 1.74. The molecule has 5 heteroatoms. The molecule has 0 saturated heterocycles. The largest absolute Gasteiger partial charge is 0.356 e. The normalized spacial score (nSPS) is 15.1. The van der Waals surface area contributed by atoms with Gasteiger partial charge in [-0.1, -0.05) is 57.2 Å². The summed E-state index contributed by atoms with van der Waals surface area (Å²) in [5.41, 5.74) is 5.57. The van der Waals surface area contributed by atoms with Gasteiger partial charge in [0.05, 0.1) is 6.42 Å². The minimum Gasteiger partial charge on any atom is -0.356 e. The highest BCUT2D eigenvalue weighted by atomic mass is 32.2. The van der Waals surface area contributed by atoms with Crippen molar-refractivity contribution in [2.75, 3.05) is 12.8 Å². The van der Waals surface area contributed by atoms with E-state index in [2.05, 4.69) is 18.3 Å². The molecule has 0 heterocycles. The molecule has 0 radical (unpaired) electrons. The second-order valence-corrected chi connectivity index (χ2v) is 10.0. The van der Waals surface area contributed by atoms with Gasteiger partial charge in [0.25, 0.3) is 0 Å². The van der Waals surface area contributed by atoms with E-state index in [-0.39, 0.29) is 18.1 Å². The van der Waals surface area contributed by atoms with Crippen molar-refractivity contribution in [2.24, 2.45) is 0 Å². The highest BCUT2D eigenvalue weighted by Gasteiger charge is 2.25. The predicted molar refractivity (Wildman–Crippen MR) is 137 cm³/mol. The number of halogens is 1. The van der Waals surface area contributed by atoms with E-state index >= 15 is 0 Å². The van der Waals surface area contributed by atoms with Crippen LogP contribution in [0, 0.1) is 5.82 Å².